The molecule has 2 rings (SSSR count). The summed E-state index contributed by atoms with van der Waals surface area (Å²) in [5, 5.41) is 1.02. The molecule has 0 nitrogen and oxygen atoms in total. The molecule has 1 atom stereocenters. The number of hydrogen-bond donors (Lipinski definition) is 0. The van der Waals surface area contributed by atoms with Crippen LogP contribution in [0.3, 0.4) is 0 Å². The third-order valence-corrected chi connectivity index (χ3v) is 64.8. The number of rotatable bonds is 3. The van der Waals surface area contributed by atoms with Gasteiger partial charge in [0.15, 0.2) is 0 Å². The molecule has 0 radical (unpaired) electrons. The molecule has 2 aliphatic rings. The van der Waals surface area contributed by atoms with Crippen LogP contribution in [0.25, 0.3) is 0 Å². The average Bonchev–Trinajstić information content (AvgIpc) is 2.64. The fourth-order valence-corrected chi connectivity index (χ4v) is 90.7. The predicted octanol–water partition coefficient (Wildman–Crippen LogP) is -0.501. The molecule has 0 aromatic rings. The van der Waals surface area contributed by atoms with E-state index >= 15 is 0 Å². The summed E-state index contributed by atoms with van der Waals surface area (Å²) in [6, 6.07) is 0. The molecule has 0 heterocycles. The van der Waals surface area contributed by atoms with Gasteiger partial charge in [-0.3, -0.25) is 0 Å². The van der Waals surface area contributed by atoms with Crippen LogP contribution in [0.2, 0.25) is 5.04 Å². The van der Waals surface area contributed by atoms with Crippen LogP contribution in [0.1, 0.15) is 32.1 Å². The fraction of sp³-hybridized carbons (Fsp3) is 1.00. The van der Waals surface area contributed by atoms with E-state index in [-0.39, 0.29) is 3.79 Å². The third-order valence-electron chi connectivity index (χ3n) is 3.45. The standard InChI is InChI=1S/C7H14I3Si2/c8-11-10-12(9)7-3-1-6(5-7)2-4-7/h6,12H,1-5,11H2/q-1. The zero-order valence-electron chi connectivity index (χ0n) is 7.03. The van der Waals surface area contributed by atoms with E-state index in [9.17, 15) is 0 Å². The molecule has 2 bridgehead atoms. The summed E-state index contributed by atoms with van der Waals surface area (Å²) in [4.78, 5) is 0. The summed E-state index contributed by atoms with van der Waals surface area (Å²) in [5.74, 6) is 1.19. The summed E-state index contributed by atoms with van der Waals surface area (Å²) in [7, 11) is 0. The van der Waals surface area contributed by atoms with Crippen LogP contribution in [-0.4, -0.2) is 8.30 Å². The van der Waals surface area contributed by atoms with Crippen LogP contribution in [0.15, 0.2) is 0 Å². The molecule has 0 aromatic carbocycles. The molecule has 2 aliphatic carbocycles. The van der Waals surface area contributed by atoms with Gasteiger partial charge in [-0.25, -0.2) is 0 Å². The van der Waals surface area contributed by atoms with Gasteiger partial charge in [0.2, 0.25) is 0 Å². The van der Waals surface area contributed by atoms with Gasteiger partial charge in [-0.15, -0.1) is 0 Å². The van der Waals surface area contributed by atoms with Gasteiger partial charge in [0.25, 0.3) is 0 Å². The van der Waals surface area contributed by atoms with Crippen molar-refractivity contribution in [1.82, 2.24) is 0 Å². The Bertz CT molecular complexity index is 168. The summed E-state index contributed by atoms with van der Waals surface area (Å²) < 4.78 is 0.225. The van der Waals surface area contributed by atoms with Crippen molar-refractivity contribution >= 4 is 51.9 Å². The third kappa shape index (κ3) is 2.08. The Hall–Kier alpha value is 2.62. The van der Waals surface area contributed by atoms with E-state index in [2.05, 4.69) is 43.6 Å². The first-order valence-electron chi connectivity index (χ1n) is 4.55. The van der Waals surface area contributed by atoms with E-state index in [0.29, 0.717) is 4.51 Å². The van der Waals surface area contributed by atoms with Gasteiger partial charge in [-0.05, 0) is 0 Å². The van der Waals surface area contributed by atoms with E-state index in [0.717, 1.165) is 24.7 Å². The normalized spacial score (nSPS) is 43.3. The SMILES string of the molecule is I[SiH2][I-][SiH](I)C12CCC(CC1)C2. The van der Waals surface area contributed by atoms with Crippen molar-refractivity contribution in [3.05, 3.63) is 0 Å². The van der Waals surface area contributed by atoms with Crippen LogP contribution in [0.4, 0.5) is 0 Å². The van der Waals surface area contributed by atoms with Crippen molar-refractivity contribution in [2.24, 2.45) is 5.92 Å². The fourth-order valence-electron chi connectivity index (χ4n) is 2.76. The van der Waals surface area contributed by atoms with Crippen LogP contribution in [0.5, 0.6) is 0 Å². The van der Waals surface area contributed by atoms with Crippen LogP contribution < -0.4 is 19.6 Å². The molecule has 72 valence electrons. The first-order valence-corrected chi connectivity index (χ1v) is 23.7. The molecular weight excluding hydrogens is 521 g/mol. The Morgan fingerprint density at radius 2 is 2.08 bits per heavy atom. The van der Waals surface area contributed by atoms with Crippen molar-refractivity contribution in [2.75, 3.05) is 0 Å². The monoisotopic (exact) mass is 535 g/mol. The Balaban J connectivity index is 2.00. The maximum absolute atomic E-state index is 2.94. The van der Waals surface area contributed by atoms with Crippen molar-refractivity contribution in [2.45, 2.75) is 37.1 Å². The molecule has 5 heteroatoms. The maximum atomic E-state index is 2.94. The van der Waals surface area contributed by atoms with Crippen molar-refractivity contribution in [3.8, 4) is 0 Å². The molecule has 2 saturated carbocycles. The summed E-state index contributed by atoms with van der Waals surface area (Å²) >= 11 is 6.46. The molecule has 0 aliphatic heterocycles. The second kappa shape index (κ2) is 4.64. The minimum atomic E-state index is -0.215. The molecule has 0 spiro atoms. The van der Waals surface area contributed by atoms with Gasteiger partial charge in [0.1, 0.15) is 0 Å². The summed E-state index contributed by atoms with van der Waals surface area (Å²) in [6.07, 6.45) is 8.21. The minimum absolute atomic E-state index is 0.215. The van der Waals surface area contributed by atoms with Gasteiger partial charge in [0, 0.05) is 0 Å². The first kappa shape index (κ1) is 11.1. The van der Waals surface area contributed by atoms with Gasteiger partial charge in [0.05, 0.1) is 0 Å². The average molecular weight is 535 g/mol. The Labute approximate surface area is 113 Å². The second-order valence-electron chi connectivity index (χ2n) is 4.07. The van der Waals surface area contributed by atoms with Crippen molar-refractivity contribution in [3.63, 3.8) is 0 Å². The van der Waals surface area contributed by atoms with Crippen molar-refractivity contribution < 1.29 is 19.6 Å². The number of hydrogen-bond acceptors (Lipinski definition) is 0. The molecule has 0 saturated heterocycles. The molecular formula is C7H14I3Si2-. The molecule has 1 unspecified atom stereocenters. The zero-order valence-corrected chi connectivity index (χ0v) is 16.1. The van der Waals surface area contributed by atoms with Crippen LogP contribution in [0, 0.1) is 5.92 Å². The first-order chi connectivity index (χ1) is 5.77. The Morgan fingerprint density at radius 1 is 1.42 bits per heavy atom. The summed E-state index contributed by atoms with van der Waals surface area (Å²) in [6.45, 7) is 0. The van der Waals surface area contributed by atoms with E-state index in [4.69, 9.17) is 0 Å². The van der Waals surface area contributed by atoms with Gasteiger partial charge < -0.3 is 0 Å². The Kier molecular flexibility index (Phi) is 4.30. The molecule has 0 aromatic heterocycles. The van der Waals surface area contributed by atoms with Crippen LogP contribution >= 0.6 is 43.6 Å². The molecule has 0 N–H and O–H groups in total. The van der Waals surface area contributed by atoms with Gasteiger partial charge >= 0.3 is 115 Å². The zero-order chi connectivity index (χ0) is 8.60. The van der Waals surface area contributed by atoms with Crippen LogP contribution in [-0.2, 0) is 0 Å². The van der Waals surface area contributed by atoms with E-state index in [1.54, 1.807) is 32.1 Å². The Morgan fingerprint density at radius 3 is 2.50 bits per heavy atom. The van der Waals surface area contributed by atoms with Gasteiger partial charge in [-0.2, -0.15) is 0 Å². The number of halogens is 3. The van der Waals surface area contributed by atoms with Crippen molar-refractivity contribution in [1.29, 1.82) is 0 Å². The quantitative estimate of drug-likeness (QED) is 0.260. The summed E-state index contributed by atoms with van der Waals surface area (Å²) in [5.41, 5.74) is 0. The van der Waals surface area contributed by atoms with E-state index in [1.165, 1.54) is 5.92 Å². The van der Waals surface area contributed by atoms with E-state index < -0.39 is 0 Å². The molecule has 12 heavy (non-hydrogen) atoms. The van der Waals surface area contributed by atoms with Gasteiger partial charge in [-0.1, -0.05) is 0 Å². The number of fused-ring (bicyclic) bond motifs is 2. The topological polar surface area (TPSA) is 0 Å². The molecule has 0 amide bonds. The van der Waals surface area contributed by atoms with E-state index in [1.807, 2.05) is 0 Å². The predicted molar refractivity (Wildman–Crippen MR) is 73.0 cm³/mol. The molecule has 2 fully saturated rings. The second-order valence-corrected chi connectivity index (χ2v) is 43.2.